The fourth-order valence-corrected chi connectivity index (χ4v) is 7.88. The Balaban J connectivity index is 0. The Bertz CT molecular complexity index is 171. The van der Waals surface area contributed by atoms with Crippen molar-refractivity contribution in [3.8, 4) is 0 Å². The highest BCUT2D eigenvalue weighted by atomic mass is 35.5. The summed E-state index contributed by atoms with van der Waals surface area (Å²) in [7, 11) is 1.04. The lowest BCUT2D eigenvalue weighted by Gasteiger charge is -2.03. The average molecular weight is 333 g/mol. The maximum atomic E-state index is 2.39. The lowest BCUT2D eigenvalue weighted by molar-refractivity contribution is 0.668. The Labute approximate surface area is 130 Å². The van der Waals surface area contributed by atoms with Crippen LogP contribution in [0.1, 0.15) is 40.5 Å². The fourth-order valence-electron chi connectivity index (χ4n) is 2.63. The molecule has 0 saturated carbocycles. The molecule has 2 fully saturated rings. The van der Waals surface area contributed by atoms with Gasteiger partial charge in [0.2, 0.25) is 0 Å². The van der Waals surface area contributed by atoms with Crippen molar-refractivity contribution in [2.45, 2.75) is 40.5 Å². The Morgan fingerprint density at radius 1 is 0.778 bits per heavy atom. The molecule has 0 radical (unpaired) electrons. The molecule has 0 aromatic heterocycles. The van der Waals surface area contributed by atoms with Gasteiger partial charge in [0.05, 0.1) is 0 Å². The van der Waals surface area contributed by atoms with Gasteiger partial charge in [-0.05, 0) is 61.6 Å². The molecule has 18 heavy (non-hydrogen) atoms. The lowest BCUT2D eigenvalue weighted by atomic mass is 10.2. The van der Waals surface area contributed by atoms with Crippen LogP contribution in [0.3, 0.4) is 0 Å². The molecule has 2 aliphatic heterocycles. The van der Waals surface area contributed by atoms with Crippen LogP contribution in [0.4, 0.5) is 0 Å². The summed E-state index contributed by atoms with van der Waals surface area (Å²) in [4.78, 5) is 0. The van der Waals surface area contributed by atoms with Crippen molar-refractivity contribution in [2.24, 2.45) is 11.8 Å². The van der Waals surface area contributed by atoms with E-state index in [2.05, 4.69) is 27.7 Å². The van der Waals surface area contributed by atoms with E-state index in [-0.39, 0.29) is 24.8 Å². The summed E-state index contributed by atoms with van der Waals surface area (Å²) in [6.45, 7) is 9.45. The van der Waals surface area contributed by atoms with Crippen LogP contribution in [-0.2, 0) is 0 Å². The topological polar surface area (TPSA) is 0 Å². The van der Waals surface area contributed by atoms with Gasteiger partial charge in [-0.25, -0.2) is 0 Å². The molecule has 0 bridgehead atoms. The highest BCUT2D eigenvalue weighted by Gasteiger charge is 2.18. The molecule has 4 unspecified atom stereocenters. The smallest absolute Gasteiger partial charge is 0.0300 e. The molecule has 0 N–H and O–H groups in total. The van der Waals surface area contributed by atoms with Crippen LogP contribution in [0, 0.1) is 11.8 Å². The molecular formula is C14H32Cl2P2. The molecule has 4 atom stereocenters. The van der Waals surface area contributed by atoms with Gasteiger partial charge in [-0.2, -0.15) is 0 Å². The molecule has 112 valence electrons. The average Bonchev–Trinajstić information content (AvgIpc) is 2.88. The van der Waals surface area contributed by atoms with Crippen LogP contribution in [0.25, 0.3) is 0 Å². The van der Waals surface area contributed by atoms with Crippen molar-refractivity contribution in [3.63, 3.8) is 0 Å². The third kappa shape index (κ3) is 8.58. The highest BCUT2D eigenvalue weighted by molar-refractivity contribution is 7.58. The zero-order valence-corrected chi connectivity index (χ0v) is 15.9. The van der Waals surface area contributed by atoms with Crippen molar-refractivity contribution in [1.29, 1.82) is 0 Å². The van der Waals surface area contributed by atoms with Gasteiger partial charge in [-0.3, -0.25) is 0 Å². The van der Waals surface area contributed by atoms with Gasteiger partial charge in [-0.15, -0.1) is 40.7 Å². The predicted octanol–water partition coefficient (Wildman–Crippen LogP) is 5.90. The predicted molar refractivity (Wildman–Crippen MR) is 96.4 cm³/mol. The highest BCUT2D eigenvalue weighted by Crippen LogP contribution is 2.45. The van der Waals surface area contributed by atoms with Crippen LogP contribution >= 0.6 is 40.7 Å². The van der Waals surface area contributed by atoms with E-state index in [4.69, 9.17) is 0 Å². The van der Waals surface area contributed by atoms with E-state index < -0.39 is 0 Å². The SMILES string of the molecule is CCP1CCC(C)C1.CCP1CCC(C)C1.Cl.Cl. The molecule has 0 aromatic carbocycles. The summed E-state index contributed by atoms with van der Waals surface area (Å²) in [5, 5.41) is 0. The van der Waals surface area contributed by atoms with Gasteiger partial charge in [-0.1, -0.05) is 27.7 Å². The normalized spacial score (nSPS) is 34.0. The third-order valence-corrected chi connectivity index (χ3v) is 9.76. The van der Waals surface area contributed by atoms with E-state index >= 15 is 0 Å². The first-order valence-electron chi connectivity index (χ1n) is 7.10. The van der Waals surface area contributed by atoms with Gasteiger partial charge in [0, 0.05) is 0 Å². The maximum Gasteiger partial charge on any atom is -0.0300 e. The molecule has 2 aliphatic rings. The van der Waals surface area contributed by atoms with Gasteiger partial charge < -0.3 is 0 Å². The Morgan fingerprint density at radius 2 is 1.11 bits per heavy atom. The van der Waals surface area contributed by atoms with Crippen LogP contribution in [-0.4, -0.2) is 37.0 Å². The van der Waals surface area contributed by atoms with E-state index in [9.17, 15) is 0 Å². The third-order valence-electron chi connectivity index (χ3n) is 3.91. The zero-order valence-electron chi connectivity index (χ0n) is 12.5. The van der Waals surface area contributed by atoms with E-state index in [1.807, 2.05) is 0 Å². The summed E-state index contributed by atoms with van der Waals surface area (Å²) in [6.07, 6.45) is 12.2. The second-order valence-electron chi connectivity index (χ2n) is 5.57. The van der Waals surface area contributed by atoms with Crippen LogP contribution in [0.2, 0.25) is 0 Å². The first-order chi connectivity index (χ1) is 7.65. The summed E-state index contributed by atoms with van der Waals surface area (Å²) in [5.41, 5.74) is 0. The summed E-state index contributed by atoms with van der Waals surface area (Å²) in [6, 6.07) is 0. The molecule has 2 heterocycles. The van der Waals surface area contributed by atoms with Gasteiger partial charge in [0.25, 0.3) is 0 Å². The molecule has 4 heteroatoms. The van der Waals surface area contributed by atoms with Crippen molar-refractivity contribution in [1.82, 2.24) is 0 Å². The minimum Gasteiger partial charge on any atom is -0.147 e. The second-order valence-corrected chi connectivity index (χ2v) is 11.1. The van der Waals surface area contributed by atoms with Crippen molar-refractivity contribution >= 4 is 40.7 Å². The summed E-state index contributed by atoms with van der Waals surface area (Å²) < 4.78 is 0. The molecule has 2 saturated heterocycles. The molecule has 0 aromatic rings. The number of hydrogen-bond donors (Lipinski definition) is 0. The number of rotatable bonds is 2. The van der Waals surface area contributed by atoms with E-state index in [0.29, 0.717) is 15.8 Å². The minimum absolute atomic E-state index is 0. The standard InChI is InChI=1S/2C7H15P.2ClH/c2*1-3-8-5-4-7(2)6-8;;/h2*7H,3-6H2,1-2H3;2*1H. The number of halogens is 2. The van der Waals surface area contributed by atoms with Crippen LogP contribution < -0.4 is 0 Å². The quantitative estimate of drug-likeness (QED) is 0.552. The van der Waals surface area contributed by atoms with Crippen LogP contribution in [0.15, 0.2) is 0 Å². The van der Waals surface area contributed by atoms with E-state index in [1.165, 1.54) is 25.2 Å². The molecular weight excluding hydrogens is 301 g/mol. The van der Waals surface area contributed by atoms with Gasteiger partial charge in [0.15, 0.2) is 0 Å². The molecule has 0 aliphatic carbocycles. The fraction of sp³-hybridized carbons (Fsp3) is 1.00. The van der Waals surface area contributed by atoms with E-state index in [1.54, 1.807) is 24.6 Å². The Hall–Kier alpha value is 1.44. The number of hydrogen-bond acceptors (Lipinski definition) is 0. The van der Waals surface area contributed by atoms with Gasteiger partial charge in [0.1, 0.15) is 0 Å². The molecule has 0 spiro atoms. The van der Waals surface area contributed by atoms with Crippen molar-refractivity contribution in [2.75, 3.05) is 37.0 Å². The zero-order chi connectivity index (χ0) is 12.0. The first-order valence-corrected chi connectivity index (χ1v) is 10.9. The van der Waals surface area contributed by atoms with Crippen molar-refractivity contribution < 1.29 is 0 Å². The van der Waals surface area contributed by atoms with E-state index in [0.717, 1.165) is 11.8 Å². The maximum absolute atomic E-state index is 2.39. The van der Waals surface area contributed by atoms with Crippen molar-refractivity contribution in [3.05, 3.63) is 0 Å². The molecule has 0 nitrogen and oxygen atoms in total. The Morgan fingerprint density at radius 3 is 1.22 bits per heavy atom. The molecule has 2 rings (SSSR count). The van der Waals surface area contributed by atoms with Gasteiger partial charge >= 0.3 is 0 Å². The first kappa shape index (κ1) is 21.7. The largest absolute Gasteiger partial charge is 0.147 e. The minimum atomic E-state index is 0. The summed E-state index contributed by atoms with van der Waals surface area (Å²) >= 11 is 0. The van der Waals surface area contributed by atoms with Crippen LogP contribution in [0.5, 0.6) is 0 Å². The lowest BCUT2D eigenvalue weighted by Crippen LogP contribution is -1.87. The summed E-state index contributed by atoms with van der Waals surface area (Å²) in [5.74, 6) is 2.11. The Kier molecular flexibility index (Phi) is 14.7. The monoisotopic (exact) mass is 332 g/mol. The second kappa shape index (κ2) is 12.2. The molecule has 0 amide bonds.